The van der Waals surface area contributed by atoms with E-state index in [0.29, 0.717) is 6.41 Å². The smallest absolute Gasteiger partial charge is 0.360 e. The van der Waals surface area contributed by atoms with Crippen molar-refractivity contribution in [1.82, 2.24) is 4.98 Å². The third-order valence-corrected chi connectivity index (χ3v) is 2.68. The van der Waals surface area contributed by atoms with Crippen LogP contribution in [0.5, 0.6) is 0 Å². The minimum atomic E-state index is -1.38. The number of thiazole rings is 1. The molecule has 0 unspecified atom stereocenters. The summed E-state index contributed by atoms with van der Waals surface area (Å²) in [6, 6.07) is 0. The number of carbonyl (C=O) groups excluding carboxylic acids is 1. The van der Waals surface area contributed by atoms with Crippen molar-refractivity contribution in [3.63, 3.8) is 0 Å². The van der Waals surface area contributed by atoms with Gasteiger partial charge >= 0.3 is 5.97 Å². The molecule has 0 aliphatic carbocycles. The van der Waals surface area contributed by atoms with E-state index in [9.17, 15) is 9.59 Å². The van der Waals surface area contributed by atoms with Crippen molar-refractivity contribution < 1.29 is 19.5 Å². The fourth-order valence-electron chi connectivity index (χ4n) is 0.877. The van der Waals surface area contributed by atoms with E-state index in [1.54, 1.807) is 0 Å². The topological polar surface area (TPSA) is 101 Å². The molecule has 1 amide bonds. The maximum atomic E-state index is 11.0. The summed E-state index contributed by atoms with van der Waals surface area (Å²) in [7, 11) is 0. The highest BCUT2D eigenvalue weighted by Crippen LogP contribution is 2.28. The summed E-state index contributed by atoms with van der Waals surface area (Å²) in [6.07, 6.45) is 5.32. The van der Waals surface area contributed by atoms with Gasteiger partial charge in [-0.25, -0.2) is 9.78 Å². The first-order valence-corrected chi connectivity index (χ1v) is 5.53. The van der Waals surface area contributed by atoms with Crippen LogP contribution in [-0.4, -0.2) is 34.8 Å². The molecule has 0 fully saturated rings. The van der Waals surface area contributed by atoms with Gasteiger partial charge < -0.3 is 15.3 Å². The zero-order chi connectivity index (χ0) is 13.5. The minimum absolute atomic E-state index is 0.0600. The largest absolute Gasteiger partial charge is 0.476 e. The van der Waals surface area contributed by atoms with Gasteiger partial charge in [0.15, 0.2) is 11.7 Å². The number of terminal acetylenes is 1. The van der Waals surface area contributed by atoms with Crippen molar-refractivity contribution in [1.29, 1.82) is 0 Å². The number of carboxylic acid groups (broad SMARTS) is 1. The molecule has 0 aromatic carbocycles. The molecule has 0 aliphatic rings. The molecule has 1 heterocycles. The molecule has 1 rings (SSSR count). The molecule has 0 aliphatic heterocycles. The van der Waals surface area contributed by atoms with E-state index < -0.39 is 11.7 Å². The number of aliphatic carboxylic acids is 1. The van der Waals surface area contributed by atoms with E-state index in [0.717, 1.165) is 11.3 Å². The molecule has 94 valence electrons. The number of carboxylic acids is 1. The SMILES string of the molecule is C#CCO/N=C(/C(=O)O)c1nc(NC=O)sc1Cl. The van der Waals surface area contributed by atoms with Gasteiger partial charge in [0.2, 0.25) is 12.1 Å². The molecule has 0 spiro atoms. The zero-order valence-electron chi connectivity index (χ0n) is 8.71. The van der Waals surface area contributed by atoms with Gasteiger partial charge in [0.1, 0.15) is 10.0 Å². The predicted octanol–water partition coefficient (Wildman–Crippen LogP) is 0.803. The van der Waals surface area contributed by atoms with Crippen molar-refractivity contribution in [2.45, 2.75) is 0 Å². The second kappa shape index (κ2) is 6.58. The number of nitrogens with one attached hydrogen (secondary N) is 1. The molecule has 0 bridgehead atoms. The number of aromatic nitrogens is 1. The van der Waals surface area contributed by atoms with Crippen molar-refractivity contribution in [2.75, 3.05) is 11.9 Å². The van der Waals surface area contributed by atoms with Crippen LogP contribution >= 0.6 is 22.9 Å². The number of rotatable bonds is 6. The molecular weight excluding hydrogens is 282 g/mol. The summed E-state index contributed by atoms with van der Waals surface area (Å²) in [6.45, 7) is -0.183. The maximum absolute atomic E-state index is 11.0. The Kier molecular flexibility index (Phi) is 5.10. The third-order valence-electron chi connectivity index (χ3n) is 1.50. The van der Waals surface area contributed by atoms with Crippen LogP contribution in [0.25, 0.3) is 0 Å². The second-order valence-electron chi connectivity index (χ2n) is 2.63. The van der Waals surface area contributed by atoms with Gasteiger partial charge in [-0.3, -0.25) is 4.79 Å². The average molecular weight is 288 g/mol. The number of halogens is 1. The molecule has 1 aromatic rings. The Labute approximate surface area is 110 Å². The Morgan fingerprint density at radius 1 is 1.78 bits per heavy atom. The number of anilines is 1. The Bertz CT molecular complexity index is 534. The summed E-state index contributed by atoms with van der Waals surface area (Å²) in [4.78, 5) is 29.6. The molecule has 0 saturated carbocycles. The van der Waals surface area contributed by atoms with Crippen LogP contribution in [0.3, 0.4) is 0 Å². The zero-order valence-corrected chi connectivity index (χ0v) is 10.3. The third kappa shape index (κ3) is 3.44. The normalized spacial score (nSPS) is 10.6. The van der Waals surface area contributed by atoms with Gasteiger partial charge in [0.05, 0.1) is 0 Å². The van der Waals surface area contributed by atoms with Crippen LogP contribution in [0.15, 0.2) is 5.16 Å². The summed E-state index contributed by atoms with van der Waals surface area (Å²) in [5, 5.41) is 14.7. The Morgan fingerprint density at radius 3 is 3.06 bits per heavy atom. The fraction of sp³-hybridized carbons (Fsp3) is 0.111. The van der Waals surface area contributed by atoms with E-state index in [-0.39, 0.29) is 21.8 Å². The van der Waals surface area contributed by atoms with Gasteiger partial charge in [0.25, 0.3) is 0 Å². The second-order valence-corrected chi connectivity index (χ2v) is 4.23. The highest BCUT2D eigenvalue weighted by molar-refractivity contribution is 7.20. The van der Waals surface area contributed by atoms with Crippen molar-refractivity contribution >= 4 is 46.2 Å². The van der Waals surface area contributed by atoms with Crippen molar-refractivity contribution in [3.8, 4) is 12.3 Å². The Morgan fingerprint density at radius 2 is 2.50 bits per heavy atom. The molecule has 9 heteroatoms. The van der Waals surface area contributed by atoms with Gasteiger partial charge in [-0.15, -0.1) is 6.42 Å². The average Bonchev–Trinajstić information content (AvgIpc) is 2.66. The number of carbonyl (C=O) groups is 2. The summed E-state index contributed by atoms with van der Waals surface area (Å²) in [5.41, 5.74) is -0.596. The maximum Gasteiger partial charge on any atom is 0.360 e. The Balaban J connectivity index is 3.06. The summed E-state index contributed by atoms with van der Waals surface area (Å²) in [5.74, 6) is 0.744. The van der Waals surface area contributed by atoms with Crippen LogP contribution in [0, 0.1) is 12.3 Å². The van der Waals surface area contributed by atoms with Crippen molar-refractivity contribution in [2.24, 2.45) is 5.16 Å². The monoisotopic (exact) mass is 287 g/mol. The summed E-state index contributed by atoms with van der Waals surface area (Å²) < 4.78 is 0.0600. The van der Waals surface area contributed by atoms with Crippen LogP contribution in [0.4, 0.5) is 5.13 Å². The lowest BCUT2D eigenvalue weighted by molar-refractivity contribution is -0.129. The number of hydrogen-bond donors (Lipinski definition) is 2. The molecule has 2 N–H and O–H groups in total. The molecule has 0 saturated heterocycles. The first-order valence-electron chi connectivity index (χ1n) is 4.33. The minimum Gasteiger partial charge on any atom is -0.476 e. The Hall–Kier alpha value is -2.11. The molecule has 18 heavy (non-hydrogen) atoms. The lowest BCUT2D eigenvalue weighted by Crippen LogP contribution is -2.16. The molecule has 0 atom stereocenters. The molecule has 7 nitrogen and oxygen atoms in total. The molecular formula is C9H6ClN3O4S. The van der Waals surface area contributed by atoms with Gasteiger partial charge in [-0.05, 0) is 0 Å². The van der Waals surface area contributed by atoms with Crippen LogP contribution in [0.2, 0.25) is 4.34 Å². The van der Waals surface area contributed by atoms with E-state index in [4.69, 9.17) is 23.1 Å². The predicted molar refractivity (Wildman–Crippen MR) is 65.8 cm³/mol. The van der Waals surface area contributed by atoms with E-state index in [1.165, 1.54) is 0 Å². The number of amides is 1. The number of oxime groups is 1. The van der Waals surface area contributed by atoms with E-state index in [2.05, 4.69) is 26.2 Å². The van der Waals surface area contributed by atoms with Gasteiger partial charge in [0, 0.05) is 0 Å². The number of hydrogen-bond acceptors (Lipinski definition) is 6. The van der Waals surface area contributed by atoms with Crippen molar-refractivity contribution in [3.05, 3.63) is 10.0 Å². The van der Waals surface area contributed by atoms with Crippen LogP contribution in [0.1, 0.15) is 5.69 Å². The number of nitrogens with zero attached hydrogens (tertiary/aromatic N) is 2. The quantitative estimate of drug-likeness (QED) is 0.265. The fourth-order valence-corrected chi connectivity index (χ4v) is 1.88. The lowest BCUT2D eigenvalue weighted by Gasteiger charge is -1.97. The van der Waals surface area contributed by atoms with Crippen LogP contribution < -0.4 is 5.32 Å². The van der Waals surface area contributed by atoms with Gasteiger partial charge in [-0.2, -0.15) is 0 Å². The van der Waals surface area contributed by atoms with E-state index in [1.807, 2.05) is 0 Å². The lowest BCUT2D eigenvalue weighted by atomic mass is 10.3. The molecule has 1 aromatic heterocycles. The van der Waals surface area contributed by atoms with Gasteiger partial charge in [-0.1, -0.05) is 34.0 Å². The highest BCUT2D eigenvalue weighted by atomic mass is 35.5. The van der Waals surface area contributed by atoms with Crippen LogP contribution in [-0.2, 0) is 14.4 Å². The first-order chi connectivity index (χ1) is 8.60. The highest BCUT2D eigenvalue weighted by Gasteiger charge is 2.22. The molecule has 0 radical (unpaired) electrons. The standard InChI is InChI=1S/C9H6ClN3O4S/c1-2-3-17-13-6(8(15)16)5-7(10)18-9(12-5)11-4-14/h1,4H,3H2,(H,15,16)(H,11,12,14)/b13-6+. The summed E-state index contributed by atoms with van der Waals surface area (Å²) >= 11 is 6.69. The van der Waals surface area contributed by atoms with E-state index >= 15 is 0 Å². The first kappa shape index (κ1) is 14.0.